The number of hydrogen-bond acceptors (Lipinski definition) is 4. The molecular weight excluding hydrogens is 365 g/mol. The van der Waals surface area contributed by atoms with Gasteiger partial charge in [0.15, 0.2) is 0 Å². The minimum atomic E-state index is -0.345. The Kier molecular flexibility index (Phi) is 5.22. The summed E-state index contributed by atoms with van der Waals surface area (Å²) in [4.78, 5) is 32.3. The van der Waals surface area contributed by atoms with Crippen LogP contribution in [0.4, 0.5) is 4.39 Å². The number of carbonyl (C=O) groups is 2. The Bertz CT molecular complexity index is 828. The summed E-state index contributed by atoms with van der Waals surface area (Å²) in [5, 5.41) is 2.09. The lowest BCUT2D eigenvalue weighted by Gasteiger charge is -2.36. The Morgan fingerprint density at radius 3 is 2.44 bits per heavy atom. The maximum absolute atomic E-state index is 13.0. The molecule has 2 amide bonds. The van der Waals surface area contributed by atoms with Crippen LogP contribution in [0.3, 0.4) is 0 Å². The van der Waals surface area contributed by atoms with E-state index in [4.69, 9.17) is 0 Å². The molecule has 2 aromatic rings. The van der Waals surface area contributed by atoms with Gasteiger partial charge in [-0.25, -0.2) is 4.39 Å². The maximum atomic E-state index is 13.0. The van der Waals surface area contributed by atoms with Gasteiger partial charge in [0.05, 0.1) is 6.54 Å². The summed E-state index contributed by atoms with van der Waals surface area (Å²) >= 11 is 1.77. The van der Waals surface area contributed by atoms with Gasteiger partial charge in [-0.05, 0) is 47.7 Å². The first-order valence-corrected chi connectivity index (χ1v) is 10.1. The molecule has 0 N–H and O–H groups in total. The van der Waals surface area contributed by atoms with Crippen LogP contribution in [0.15, 0.2) is 35.7 Å². The molecule has 3 heterocycles. The smallest absolute Gasteiger partial charge is 0.253 e. The van der Waals surface area contributed by atoms with Gasteiger partial charge < -0.3 is 9.80 Å². The van der Waals surface area contributed by atoms with E-state index in [9.17, 15) is 14.0 Å². The number of carbonyl (C=O) groups excluding carboxylic acids is 2. The van der Waals surface area contributed by atoms with E-state index in [2.05, 4.69) is 16.3 Å². The number of thiophene rings is 1. The molecule has 2 aliphatic rings. The summed E-state index contributed by atoms with van der Waals surface area (Å²) in [5.41, 5.74) is 1.77. The van der Waals surface area contributed by atoms with Crippen LogP contribution in [0.2, 0.25) is 0 Å². The van der Waals surface area contributed by atoms with E-state index in [1.54, 1.807) is 16.2 Å². The van der Waals surface area contributed by atoms with Crippen molar-refractivity contribution < 1.29 is 14.0 Å². The fraction of sp³-hybridized carbons (Fsp3) is 0.400. The Morgan fingerprint density at radius 2 is 1.70 bits per heavy atom. The van der Waals surface area contributed by atoms with Gasteiger partial charge in [0.1, 0.15) is 5.82 Å². The summed E-state index contributed by atoms with van der Waals surface area (Å²) in [6, 6.07) is 7.75. The molecule has 1 fully saturated rings. The molecule has 4 rings (SSSR count). The SMILES string of the molecule is O=C(CN1CCN(C(=O)c2ccc(F)cc2)CC1)N1CCc2sccc2C1. The first-order chi connectivity index (χ1) is 13.1. The first kappa shape index (κ1) is 18.1. The molecule has 2 aliphatic heterocycles. The molecule has 1 saturated heterocycles. The van der Waals surface area contributed by atoms with Crippen LogP contribution in [-0.4, -0.2) is 65.8 Å². The summed E-state index contributed by atoms with van der Waals surface area (Å²) < 4.78 is 13.0. The number of nitrogens with zero attached hydrogens (tertiary/aromatic N) is 3. The monoisotopic (exact) mass is 387 g/mol. The van der Waals surface area contributed by atoms with E-state index in [0.717, 1.165) is 13.0 Å². The van der Waals surface area contributed by atoms with Crippen molar-refractivity contribution in [1.29, 1.82) is 0 Å². The topological polar surface area (TPSA) is 43.9 Å². The highest BCUT2D eigenvalue weighted by atomic mass is 32.1. The highest BCUT2D eigenvalue weighted by Gasteiger charge is 2.26. The molecular formula is C20H22FN3O2S. The Labute approximate surface area is 162 Å². The fourth-order valence-electron chi connectivity index (χ4n) is 3.64. The van der Waals surface area contributed by atoms with Crippen LogP contribution in [0.5, 0.6) is 0 Å². The molecule has 0 atom stereocenters. The van der Waals surface area contributed by atoms with E-state index in [0.29, 0.717) is 44.8 Å². The van der Waals surface area contributed by atoms with Crippen LogP contribution in [0.1, 0.15) is 20.8 Å². The van der Waals surface area contributed by atoms with Crippen LogP contribution in [0, 0.1) is 5.82 Å². The minimum Gasteiger partial charge on any atom is -0.337 e. The molecule has 142 valence electrons. The number of fused-ring (bicyclic) bond motifs is 1. The average molecular weight is 387 g/mol. The Hall–Kier alpha value is -2.25. The van der Waals surface area contributed by atoms with Gasteiger partial charge in [0.2, 0.25) is 5.91 Å². The van der Waals surface area contributed by atoms with Crippen LogP contribution in [0.25, 0.3) is 0 Å². The third-order valence-electron chi connectivity index (χ3n) is 5.27. The summed E-state index contributed by atoms with van der Waals surface area (Å²) in [6.07, 6.45) is 0.943. The highest BCUT2D eigenvalue weighted by Crippen LogP contribution is 2.24. The predicted octanol–water partition coefficient (Wildman–Crippen LogP) is 2.23. The molecule has 0 unspecified atom stereocenters. The van der Waals surface area contributed by atoms with Gasteiger partial charge in [-0.3, -0.25) is 14.5 Å². The fourth-order valence-corrected chi connectivity index (χ4v) is 4.53. The van der Waals surface area contributed by atoms with Crippen molar-refractivity contribution in [2.75, 3.05) is 39.3 Å². The number of piperazine rings is 1. The van der Waals surface area contributed by atoms with Crippen molar-refractivity contribution >= 4 is 23.2 Å². The summed E-state index contributed by atoms with van der Waals surface area (Å²) in [5.74, 6) is -0.269. The number of amides is 2. The second kappa shape index (κ2) is 7.78. The predicted molar refractivity (Wildman–Crippen MR) is 102 cm³/mol. The highest BCUT2D eigenvalue weighted by molar-refractivity contribution is 7.10. The van der Waals surface area contributed by atoms with E-state index >= 15 is 0 Å². The van der Waals surface area contributed by atoms with Crippen molar-refractivity contribution in [3.63, 3.8) is 0 Å². The molecule has 0 radical (unpaired) electrons. The molecule has 0 saturated carbocycles. The van der Waals surface area contributed by atoms with Gasteiger partial charge >= 0.3 is 0 Å². The van der Waals surface area contributed by atoms with Gasteiger partial charge in [-0.15, -0.1) is 11.3 Å². The first-order valence-electron chi connectivity index (χ1n) is 9.20. The molecule has 0 bridgehead atoms. The minimum absolute atomic E-state index is 0.0815. The molecule has 0 spiro atoms. The lowest BCUT2D eigenvalue weighted by molar-refractivity contribution is -0.133. The summed E-state index contributed by atoms with van der Waals surface area (Å²) in [7, 11) is 0. The lowest BCUT2D eigenvalue weighted by atomic mass is 10.1. The van der Waals surface area contributed by atoms with Crippen LogP contribution < -0.4 is 0 Å². The van der Waals surface area contributed by atoms with Gasteiger partial charge in [0, 0.05) is 49.7 Å². The molecule has 1 aromatic carbocycles. The van der Waals surface area contributed by atoms with E-state index in [-0.39, 0.29) is 17.6 Å². The Morgan fingerprint density at radius 1 is 0.963 bits per heavy atom. The zero-order valence-electron chi connectivity index (χ0n) is 15.1. The number of halogens is 1. The van der Waals surface area contributed by atoms with Crippen molar-refractivity contribution in [2.45, 2.75) is 13.0 Å². The second-order valence-corrected chi connectivity index (χ2v) is 8.01. The molecule has 5 nitrogen and oxygen atoms in total. The Balaban J connectivity index is 1.27. The number of hydrogen-bond donors (Lipinski definition) is 0. The van der Waals surface area contributed by atoms with E-state index in [1.165, 1.54) is 34.7 Å². The third kappa shape index (κ3) is 4.04. The normalized spacial score (nSPS) is 17.7. The quantitative estimate of drug-likeness (QED) is 0.811. The second-order valence-electron chi connectivity index (χ2n) is 7.01. The zero-order valence-corrected chi connectivity index (χ0v) is 15.9. The molecule has 27 heavy (non-hydrogen) atoms. The summed E-state index contributed by atoms with van der Waals surface area (Å²) in [6.45, 7) is 4.41. The van der Waals surface area contributed by atoms with Crippen LogP contribution >= 0.6 is 11.3 Å². The standard InChI is InChI=1S/C20H22FN3O2S/c21-17-3-1-15(2-4-17)20(26)23-10-8-22(9-11-23)14-19(25)24-7-5-18-16(13-24)6-12-27-18/h1-4,6,12H,5,7-11,13-14H2. The van der Waals surface area contributed by atoms with Gasteiger partial charge in [0.25, 0.3) is 5.91 Å². The van der Waals surface area contributed by atoms with Crippen molar-refractivity contribution in [3.05, 3.63) is 57.5 Å². The van der Waals surface area contributed by atoms with Crippen molar-refractivity contribution in [2.24, 2.45) is 0 Å². The van der Waals surface area contributed by atoms with E-state index in [1.807, 2.05) is 4.90 Å². The maximum Gasteiger partial charge on any atom is 0.253 e. The molecule has 7 heteroatoms. The lowest BCUT2D eigenvalue weighted by Crippen LogP contribution is -2.51. The van der Waals surface area contributed by atoms with Crippen molar-refractivity contribution in [1.82, 2.24) is 14.7 Å². The van der Waals surface area contributed by atoms with Crippen LogP contribution in [-0.2, 0) is 17.8 Å². The average Bonchev–Trinajstić information content (AvgIpc) is 3.16. The number of rotatable bonds is 3. The zero-order chi connectivity index (χ0) is 18.8. The van der Waals surface area contributed by atoms with E-state index < -0.39 is 0 Å². The van der Waals surface area contributed by atoms with Gasteiger partial charge in [-0.2, -0.15) is 0 Å². The molecule has 1 aromatic heterocycles. The largest absolute Gasteiger partial charge is 0.337 e. The number of benzene rings is 1. The molecule has 0 aliphatic carbocycles. The van der Waals surface area contributed by atoms with Gasteiger partial charge in [-0.1, -0.05) is 0 Å². The van der Waals surface area contributed by atoms with Crippen molar-refractivity contribution in [3.8, 4) is 0 Å². The third-order valence-corrected chi connectivity index (χ3v) is 6.29.